The molecule has 0 spiro atoms. The number of carbonyl (C=O) groups excluding carboxylic acids is 1. The average molecular weight is 555 g/mol. The van der Waals surface area contributed by atoms with Gasteiger partial charge in [0.15, 0.2) is 0 Å². The van der Waals surface area contributed by atoms with Crippen LogP contribution in [0.5, 0.6) is 0 Å². The summed E-state index contributed by atoms with van der Waals surface area (Å²) >= 11 is 0. The van der Waals surface area contributed by atoms with Crippen LogP contribution in [0.3, 0.4) is 0 Å². The molecule has 0 bridgehead atoms. The summed E-state index contributed by atoms with van der Waals surface area (Å²) in [5, 5.41) is 0. The molecule has 1 fully saturated rings. The average Bonchev–Trinajstić information content (AvgIpc) is 2.87. The lowest BCUT2D eigenvalue weighted by Gasteiger charge is -2.34. The molecule has 37 heavy (non-hydrogen) atoms. The third kappa shape index (κ3) is 10.1. The first-order valence-corrected chi connectivity index (χ1v) is 15.1. The van der Waals surface area contributed by atoms with E-state index in [9.17, 15) is 21.6 Å². The second-order valence-corrected chi connectivity index (χ2v) is 11.7. The fraction of sp³-hybridized carbons (Fsp3) is 0.480. The van der Waals surface area contributed by atoms with E-state index < -0.39 is 45.3 Å². The van der Waals surface area contributed by atoms with E-state index in [1.165, 1.54) is 5.56 Å². The number of ether oxygens (including phenoxy) is 1. The van der Waals surface area contributed by atoms with Crippen LogP contribution >= 0.6 is 0 Å². The topological polar surface area (TPSA) is 139 Å². The molecule has 12 heteroatoms. The van der Waals surface area contributed by atoms with Gasteiger partial charge in [0, 0.05) is 6.54 Å². The van der Waals surface area contributed by atoms with Gasteiger partial charge in [0.2, 0.25) is 0 Å². The van der Waals surface area contributed by atoms with Crippen molar-refractivity contribution in [2.75, 3.05) is 19.8 Å². The highest BCUT2D eigenvalue weighted by molar-refractivity contribution is 7.87. The largest absolute Gasteiger partial charge is 0.464 e. The van der Waals surface area contributed by atoms with E-state index in [0.717, 1.165) is 22.7 Å². The first-order valence-electron chi connectivity index (χ1n) is 12.3. The number of aryl methyl sites for hydroxylation is 1. The van der Waals surface area contributed by atoms with Crippen molar-refractivity contribution in [1.82, 2.24) is 9.03 Å². The molecule has 2 aromatic carbocycles. The zero-order valence-corrected chi connectivity index (χ0v) is 22.2. The Bertz CT molecular complexity index is 1190. The molecule has 2 atom stereocenters. The van der Waals surface area contributed by atoms with E-state index in [0.29, 0.717) is 25.7 Å². The number of nitrogens with one attached hydrogen (secondary N) is 1. The standard InChI is InChI=1S/C25H34N2O8S2/c28-25(34-18-10-8-13-21-11-3-1-4-12-21)24-16-7-9-17-27(24)36(29,30)26-23(20-35-37(31,32)33)19-22-14-5-2-6-15-22/h1-6,11-12,14-15,23-24,26H,7-10,13,16-20H2,(H,31,32,33)/t23-,24+/m1/s1. The summed E-state index contributed by atoms with van der Waals surface area (Å²) in [6.45, 7) is -0.292. The molecule has 10 nitrogen and oxygen atoms in total. The van der Waals surface area contributed by atoms with Crippen molar-refractivity contribution >= 4 is 26.6 Å². The minimum atomic E-state index is -4.77. The first kappa shape index (κ1) is 29.2. The monoisotopic (exact) mass is 554 g/mol. The van der Waals surface area contributed by atoms with E-state index in [1.54, 1.807) is 30.3 Å². The lowest BCUT2D eigenvalue weighted by atomic mass is 10.1. The van der Waals surface area contributed by atoms with Gasteiger partial charge in [-0.05, 0) is 56.1 Å². The SMILES string of the molecule is O=C(OCCCCc1ccccc1)[C@@H]1CCCCN1S(=O)(=O)N[C@@H](COS(=O)(=O)O)Cc1ccccc1. The van der Waals surface area contributed by atoms with Gasteiger partial charge in [-0.15, -0.1) is 0 Å². The Kier molecular flexibility index (Phi) is 11.0. The number of hydrogen-bond donors (Lipinski definition) is 2. The van der Waals surface area contributed by atoms with Crippen LogP contribution < -0.4 is 4.72 Å². The molecule has 0 unspecified atom stereocenters. The summed E-state index contributed by atoms with van der Waals surface area (Å²) in [7, 11) is -8.98. The molecule has 3 rings (SSSR count). The van der Waals surface area contributed by atoms with Gasteiger partial charge in [-0.3, -0.25) is 9.35 Å². The second kappa shape index (κ2) is 14.0. The maximum Gasteiger partial charge on any atom is 0.397 e. The van der Waals surface area contributed by atoms with Crippen molar-refractivity contribution in [3.8, 4) is 0 Å². The number of esters is 1. The number of hydrogen-bond acceptors (Lipinski definition) is 7. The zero-order chi connectivity index (χ0) is 26.7. The Labute approximate surface area is 219 Å². The van der Waals surface area contributed by atoms with Crippen LogP contribution in [-0.2, 0) is 47.2 Å². The van der Waals surface area contributed by atoms with Crippen LogP contribution in [0.1, 0.15) is 43.2 Å². The smallest absolute Gasteiger partial charge is 0.397 e. The number of rotatable bonds is 14. The summed E-state index contributed by atoms with van der Waals surface area (Å²) in [5.74, 6) is -0.599. The van der Waals surface area contributed by atoms with Gasteiger partial charge in [-0.2, -0.15) is 25.9 Å². The summed E-state index contributed by atoms with van der Waals surface area (Å²) in [5.41, 5.74) is 1.94. The van der Waals surface area contributed by atoms with Gasteiger partial charge < -0.3 is 4.74 Å². The summed E-state index contributed by atoms with van der Waals surface area (Å²) in [4.78, 5) is 12.8. The second-order valence-electron chi connectivity index (χ2n) is 8.95. The lowest BCUT2D eigenvalue weighted by molar-refractivity contribution is -0.149. The molecule has 0 amide bonds. The fourth-order valence-corrected chi connectivity index (χ4v) is 6.19. The van der Waals surface area contributed by atoms with E-state index in [1.807, 2.05) is 30.3 Å². The normalized spacial score (nSPS) is 17.8. The predicted molar refractivity (Wildman–Crippen MR) is 138 cm³/mol. The highest BCUT2D eigenvalue weighted by atomic mass is 32.3. The summed E-state index contributed by atoms with van der Waals surface area (Å²) < 4.78 is 71.2. The molecule has 0 aromatic heterocycles. The van der Waals surface area contributed by atoms with Crippen LogP contribution in [-0.4, -0.2) is 63.5 Å². The summed E-state index contributed by atoms with van der Waals surface area (Å²) in [6, 6.07) is 16.8. The molecule has 1 aliphatic rings. The predicted octanol–water partition coefficient (Wildman–Crippen LogP) is 2.67. The van der Waals surface area contributed by atoms with Gasteiger partial charge in [0.05, 0.1) is 19.3 Å². The molecule has 2 N–H and O–H groups in total. The van der Waals surface area contributed by atoms with Crippen LogP contribution in [0.15, 0.2) is 60.7 Å². The number of unbranched alkanes of at least 4 members (excludes halogenated alkanes) is 1. The van der Waals surface area contributed by atoms with Crippen molar-refractivity contribution in [3.63, 3.8) is 0 Å². The van der Waals surface area contributed by atoms with E-state index in [2.05, 4.69) is 8.91 Å². The molecule has 0 radical (unpaired) electrons. The maximum atomic E-state index is 13.3. The number of carbonyl (C=O) groups is 1. The molecule has 204 valence electrons. The molecule has 0 saturated carbocycles. The van der Waals surface area contributed by atoms with Gasteiger partial charge >= 0.3 is 16.4 Å². The molecule has 1 saturated heterocycles. The van der Waals surface area contributed by atoms with E-state index in [4.69, 9.17) is 9.29 Å². The van der Waals surface area contributed by atoms with E-state index >= 15 is 0 Å². The Hall–Kier alpha value is -2.35. The van der Waals surface area contributed by atoms with Gasteiger partial charge in [0.1, 0.15) is 6.04 Å². The Morgan fingerprint density at radius 3 is 2.27 bits per heavy atom. The lowest BCUT2D eigenvalue weighted by Crippen LogP contribution is -2.55. The van der Waals surface area contributed by atoms with Crippen molar-refractivity contribution < 1.29 is 35.1 Å². The molecule has 1 aliphatic heterocycles. The van der Waals surface area contributed by atoms with Gasteiger partial charge in [-0.25, -0.2) is 4.18 Å². The van der Waals surface area contributed by atoms with Crippen LogP contribution in [0.4, 0.5) is 0 Å². The number of piperidine rings is 1. The third-order valence-corrected chi connectivity index (χ3v) is 8.16. The third-order valence-electron chi connectivity index (χ3n) is 6.04. The highest BCUT2D eigenvalue weighted by Crippen LogP contribution is 2.22. The Balaban J connectivity index is 1.60. The summed E-state index contributed by atoms with van der Waals surface area (Å²) in [6.07, 6.45) is 4.05. The quantitative estimate of drug-likeness (QED) is 0.206. The number of nitrogens with zero attached hydrogens (tertiary/aromatic N) is 1. The van der Waals surface area contributed by atoms with Gasteiger partial charge in [-0.1, -0.05) is 60.7 Å². The molecular weight excluding hydrogens is 520 g/mol. The molecule has 0 aliphatic carbocycles. The zero-order valence-electron chi connectivity index (χ0n) is 20.6. The van der Waals surface area contributed by atoms with Crippen molar-refractivity contribution in [2.45, 2.75) is 57.0 Å². The highest BCUT2D eigenvalue weighted by Gasteiger charge is 2.39. The fourth-order valence-electron chi connectivity index (χ4n) is 4.25. The van der Waals surface area contributed by atoms with Crippen LogP contribution in [0, 0.1) is 0 Å². The van der Waals surface area contributed by atoms with Gasteiger partial charge in [0.25, 0.3) is 10.2 Å². The Morgan fingerprint density at radius 1 is 0.973 bits per heavy atom. The first-order chi connectivity index (χ1) is 17.6. The minimum absolute atomic E-state index is 0.111. The van der Waals surface area contributed by atoms with Crippen molar-refractivity contribution in [2.24, 2.45) is 0 Å². The molecular formula is C25H34N2O8S2. The maximum absolute atomic E-state index is 13.3. The molecule has 2 aromatic rings. The van der Waals surface area contributed by atoms with Crippen molar-refractivity contribution in [3.05, 3.63) is 71.8 Å². The Morgan fingerprint density at radius 2 is 1.62 bits per heavy atom. The number of benzene rings is 2. The van der Waals surface area contributed by atoms with Crippen LogP contribution in [0.25, 0.3) is 0 Å². The minimum Gasteiger partial charge on any atom is -0.464 e. The van der Waals surface area contributed by atoms with Crippen molar-refractivity contribution in [1.29, 1.82) is 0 Å². The molecule has 1 heterocycles. The van der Waals surface area contributed by atoms with Crippen LogP contribution in [0.2, 0.25) is 0 Å². The van der Waals surface area contributed by atoms with E-state index in [-0.39, 0.29) is 19.6 Å².